The summed E-state index contributed by atoms with van der Waals surface area (Å²) >= 11 is 0. The van der Waals surface area contributed by atoms with Crippen LogP contribution in [0, 0.1) is 0 Å². The standard InChI is InChI=1S/C22H21N5O2/c1-3-29-21-18(15-7-5-4-6-8-15)9-10-19(25-21)22(28)27(2)14-17-12-23-11-16-13-24-26-20(16)17/h4-13H,3,14H2,1-2H3,(H,24,26). The molecule has 0 fully saturated rings. The molecule has 0 radical (unpaired) electrons. The fourth-order valence-electron chi connectivity index (χ4n) is 3.21. The minimum atomic E-state index is -0.193. The molecule has 0 atom stereocenters. The van der Waals surface area contributed by atoms with Crippen molar-refractivity contribution in [2.24, 2.45) is 0 Å². The van der Waals surface area contributed by atoms with E-state index in [-0.39, 0.29) is 5.91 Å². The zero-order chi connectivity index (χ0) is 20.2. The van der Waals surface area contributed by atoms with E-state index >= 15 is 0 Å². The van der Waals surface area contributed by atoms with Gasteiger partial charge in [-0.2, -0.15) is 5.10 Å². The molecule has 0 saturated heterocycles. The van der Waals surface area contributed by atoms with Crippen LogP contribution in [-0.2, 0) is 6.54 Å². The Balaban J connectivity index is 1.61. The predicted molar refractivity (Wildman–Crippen MR) is 111 cm³/mol. The third kappa shape index (κ3) is 3.80. The van der Waals surface area contributed by atoms with Crippen LogP contribution in [0.5, 0.6) is 5.88 Å². The van der Waals surface area contributed by atoms with Crippen LogP contribution in [0.25, 0.3) is 22.0 Å². The lowest BCUT2D eigenvalue weighted by Gasteiger charge is -2.18. The highest BCUT2D eigenvalue weighted by atomic mass is 16.5. The van der Waals surface area contributed by atoms with Crippen LogP contribution < -0.4 is 4.74 Å². The van der Waals surface area contributed by atoms with Gasteiger partial charge in [-0.05, 0) is 24.6 Å². The van der Waals surface area contributed by atoms with Crippen molar-refractivity contribution < 1.29 is 9.53 Å². The van der Waals surface area contributed by atoms with Crippen LogP contribution in [0.4, 0.5) is 0 Å². The molecule has 3 heterocycles. The molecule has 0 aliphatic heterocycles. The quantitative estimate of drug-likeness (QED) is 0.545. The SMILES string of the molecule is CCOc1nc(C(=O)N(C)Cc2cncc3cn[nH]c23)ccc1-c1ccccc1. The van der Waals surface area contributed by atoms with Crippen molar-refractivity contribution in [3.63, 3.8) is 0 Å². The maximum Gasteiger partial charge on any atom is 0.272 e. The monoisotopic (exact) mass is 387 g/mol. The Morgan fingerprint density at radius 2 is 1.93 bits per heavy atom. The highest BCUT2D eigenvalue weighted by Crippen LogP contribution is 2.29. The number of hydrogen-bond acceptors (Lipinski definition) is 5. The zero-order valence-corrected chi connectivity index (χ0v) is 16.3. The molecule has 4 aromatic rings. The number of aromatic nitrogens is 4. The molecule has 0 saturated carbocycles. The summed E-state index contributed by atoms with van der Waals surface area (Å²) in [6.45, 7) is 2.75. The van der Waals surface area contributed by atoms with Gasteiger partial charge in [0.1, 0.15) is 5.69 Å². The first kappa shape index (κ1) is 18.6. The van der Waals surface area contributed by atoms with Crippen molar-refractivity contribution in [1.29, 1.82) is 0 Å². The maximum atomic E-state index is 13.0. The average Bonchev–Trinajstić information content (AvgIpc) is 3.24. The van der Waals surface area contributed by atoms with E-state index in [9.17, 15) is 4.79 Å². The summed E-state index contributed by atoms with van der Waals surface area (Å²) in [5.41, 5.74) is 3.95. The fourth-order valence-corrected chi connectivity index (χ4v) is 3.21. The molecule has 7 nitrogen and oxygen atoms in total. The summed E-state index contributed by atoms with van der Waals surface area (Å²) in [7, 11) is 1.74. The summed E-state index contributed by atoms with van der Waals surface area (Å²) in [6, 6.07) is 13.5. The third-order valence-electron chi connectivity index (χ3n) is 4.63. The van der Waals surface area contributed by atoms with Crippen molar-refractivity contribution in [2.45, 2.75) is 13.5 Å². The van der Waals surface area contributed by atoms with Gasteiger partial charge in [0, 0.05) is 42.5 Å². The van der Waals surface area contributed by atoms with E-state index in [1.165, 1.54) is 0 Å². The average molecular weight is 387 g/mol. The van der Waals surface area contributed by atoms with E-state index in [2.05, 4.69) is 20.2 Å². The Morgan fingerprint density at radius 3 is 2.72 bits per heavy atom. The zero-order valence-electron chi connectivity index (χ0n) is 16.3. The van der Waals surface area contributed by atoms with E-state index < -0.39 is 0 Å². The van der Waals surface area contributed by atoms with E-state index in [4.69, 9.17) is 4.74 Å². The molecule has 146 valence electrons. The van der Waals surface area contributed by atoms with Crippen molar-refractivity contribution in [1.82, 2.24) is 25.1 Å². The van der Waals surface area contributed by atoms with Gasteiger partial charge < -0.3 is 9.64 Å². The maximum absolute atomic E-state index is 13.0. The number of nitrogens with zero attached hydrogens (tertiary/aromatic N) is 4. The van der Waals surface area contributed by atoms with Crippen LogP contribution >= 0.6 is 0 Å². The Kier molecular flexibility index (Phi) is 5.20. The van der Waals surface area contributed by atoms with Gasteiger partial charge in [-0.3, -0.25) is 14.9 Å². The Labute approximate surface area is 168 Å². The minimum absolute atomic E-state index is 0.193. The molecule has 3 aromatic heterocycles. The lowest BCUT2D eigenvalue weighted by atomic mass is 10.1. The Morgan fingerprint density at radius 1 is 1.10 bits per heavy atom. The number of rotatable bonds is 6. The predicted octanol–water partition coefficient (Wildman–Crippen LogP) is 3.69. The molecule has 29 heavy (non-hydrogen) atoms. The van der Waals surface area contributed by atoms with Crippen molar-refractivity contribution in [3.05, 3.63) is 72.3 Å². The number of fused-ring (bicyclic) bond motifs is 1. The van der Waals surface area contributed by atoms with Crippen molar-refractivity contribution in [3.8, 4) is 17.0 Å². The van der Waals surface area contributed by atoms with E-state index in [1.54, 1.807) is 36.6 Å². The molecule has 0 aliphatic carbocycles. The number of amides is 1. The number of carbonyl (C=O) groups excluding carboxylic acids is 1. The summed E-state index contributed by atoms with van der Waals surface area (Å²) in [5, 5.41) is 7.92. The first-order valence-electron chi connectivity index (χ1n) is 9.38. The molecule has 0 unspecified atom stereocenters. The summed E-state index contributed by atoms with van der Waals surface area (Å²) in [5.74, 6) is 0.261. The topological polar surface area (TPSA) is 84.0 Å². The molecule has 4 rings (SSSR count). The van der Waals surface area contributed by atoms with Crippen molar-refractivity contribution in [2.75, 3.05) is 13.7 Å². The number of benzene rings is 1. The number of carbonyl (C=O) groups is 1. The first-order chi connectivity index (χ1) is 14.2. The molecule has 7 heteroatoms. The smallest absolute Gasteiger partial charge is 0.272 e. The van der Waals surface area contributed by atoms with Gasteiger partial charge in [-0.15, -0.1) is 0 Å². The number of ether oxygens (including phenoxy) is 1. The minimum Gasteiger partial charge on any atom is -0.478 e. The van der Waals surface area contributed by atoms with E-state index in [0.29, 0.717) is 24.7 Å². The molecule has 1 aromatic carbocycles. The summed E-state index contributed by atoms with van der Waals surface area (Å²) < 4.78 is 5.72. The van der Waals surface area contributed by atoms with Gasteiger partial charge >= 0.3 is 0 Å². The van der Waals surface area contributed by atoms with Crippen LogP contribution in [-0.4, -0.2) is 44.6 Å². The van der Waals surface area contributed by atoms with Crippen LogP contribution in [0.1, 0.15) is 23.0 Å². The van der Waals surface area contributed by atoms with Crippen LogP contribution in [0.2, 0.25) is 0 Å². The van der Waals surface area contributed by atoms with E-state index in [0.717, 1.165) is 27.6 Å². The largest absolute Gasteiger partial charge is 0.478 e. The molecular formula is C22H21N5O2. The molecule has 0 bridgehead atoms. The van der Waals surface area contributed by atoms with Crippen LogP contribution in [0.15, 0.2) is 61.1 Å². The molecule has 0 aliphatic rings. The summed E-state index contributed by atoms with van der Waals surface area (Å²) in [4.78, 5) is 23.3. The highest BCUT2D eigenvalue weighted by molar-refractivity contribution is 5.93. The first-order valence-corrected chi connectivity index (χ1v) is 9.38. The molecule has 1 N–H and O–H groups in total. The van der Waals surface area contributed by atoms with Gasteiger partial charge in [0.15, 0.2) is 0 Å². The van der Waals surface area contributed by atoms with Crippen LogP contribution in [0.3, 0.4) is 0 Å². The number of H-pyrrole nitrogens is 1. The second kappa shape index (κ2) is 8.10. The Hall–Kier alpha value is -3.74. The molecular weight excluding hydrogens is 366 g/mol. The van der Waals surface area contributed by atoms with Gasteiger partial charge in [0.05, 0.1) is 18.3 Å². The van der Waals surface area contributed by atoms with Gasteiger partial charge in [0.2, 0.25) is 5.88 Å². The number of pyridine rings is 2. The van der Waals surface area contributed by atoms with Gasteiger partial charge in [-0.25, -0.2) is 4.98 Å². The van der Waals surface area contributed by atoms with Gasteiger partial charge in [-0.1, -0.05) is 30.3 Å². The van der Waals surface area contributed by atoms with Crippen molar-refractivity contribution >= 4 is 16.8 Å². The number of hydrogen-bond donors (Lipinski definition) is 1. The van der Waals surface area contributed by atoms with Gasteiger partial charge in [0.25, 0.3) is 5.91 Å². The molecule has 1 amide bonds. The number of nitrogens with one attached hydrogen (secondary N) is 1. The third-order valence-corrected chi connectivity index (χ3v) is 4.63. The van der Waals surface area contributed by atoms with E-state index in [1.807, 2.05) is 43.3 Å². The summed E-state index contributed by atoms with van der Waals surface area (Å²) in [6.07, 6.45) is 5.19. The molecule has 0 spiro atoms. The Bertz CT molecular complexity index is 1140. The second-order valence-electron chi connectivity index (χ2n) is 6.64. The lowest BCUT2D eigenvalue weighted by molar-refractivity contribution is 0.0778. The number of aromatic amines is 1. The lowest BCUT2D eigenvalue weighted by Crippen LogP contribution is -2.27. The fraction of sp³-hybridized carbons (Fsp3) is 0.182. The highest BCUT2D eigenvalue weighted by Gasteiger charge is 2.18. The second-order valence-corrected chi connectivity index (χ2v) is 6.64. The normalized spacial score (nSPS) is 10.8.